The lowest BCUT2D eigenvalue weighted by Crippen LogP contribution is -2.22. The Morgan fingerprint density at radius 3 is 2.55 bits per heavy atom. The molecule has 0 amide bonds. The van der Waals surface area contributed by atoms with Gasteiger partial charge in [-0.25, -0.2) is 12.7 Å². The first-order valence-electron chi connectivity index (χ1n) is 5.79. The molecule has 1 aromatic rings. The Hall–Kier alpha value is -1.71. The van der Waals surface area contributed by atoms with Crippen molar-refractivity contribution in [2.75, 3.05) is 34.3 Å². The van der Waals surface area contributed by atoms with Gasteiger partial charge in [0, 0.05) is 26.7 Å². The van der Waals surface area contributed by atoms with Crippen molar-refractivity contribution in [2.24, 2.45) is 0 Å². The highest BCUT2D eigenvalue weighted by Crippen LogP contribution is 2.30. The summed E-state index contributed by atoms with van der Waals surface area (Å²) in [6, 6.07) is 3.59. The Morgan fingerprint density at radius 1 is 1.40 bits per heavy atom. The van der Waals surface area contributed by atoms with E-state index in [2.05, 4.69) is 5.32 Å². The van der Waals surface area contributed by atoms with Crippen molar-refractivity contribution in [3.63, 3.8) is 0 Å². The SMILES string of the molecule is CNCCOc1ccc(S(=O)(=O)N(C)C)cc1[N+](=O)[O-]. The molecule has 0 saturated heterocycles. The third-order valence-electron chi connectivity index (χ3n) is 2.52. The van der Waals surface area contributed by atoms with Gasteiger partial charge in [-0.15, -0.1) is 0 Å². The van der Waals surface area contributed by atoms with E-state index in [0.717, 1.165) is 10.4 Å². The highest BCUT2D eigenvalue weighted by Gasteiger charge is 2.23. The van der Waals surface area contributed by atoms with Gasteiger partial charge in [-0.3, -0.25) is 10.1 Å². The number of ether oxygens (including phenoxy) is 1. The predicted molar refractivity (Wildman–Crippen MR) is 73.4 cm³/mol. The van der Waals surface area contributed by atoms with Crippen molar-refractivity contribution in [1.82, 2.24) is 9.62 Å². The summed E-state index contributed by atoms with van der Waals surface area (Å²) in [5.41, 5.74) is -0.371. The maximum Gasteiger partial charge on any atom is 0.312 e. The van der Waals surface area contributed by atoms with Gasteiger partial charge in [-0.05, 0) is 19.2 Å². The van der Waals surface area contributed by atoms with E-state index < -0.39 is 14.9 Å². The van der Waals surface area contributed by atoms with Crippen molar-refractivity contribution in [3.05, 3.63) is 28.3 Å². The quantitative estimate of drug-likeness (QED) is 0.445. The third kappa shape index (κ3) is 3.65. The van der Waals surface area contributed by atoms with Gasteiger partial charge in [0.2, 0.25) is 10.0 Å². The van der Waals surface area contributed by atoms with Gasteiger partial charge in [-0.1, -0.05) is 0 Å². The number of nitro benzene ring substituents is 1. The fourth-order valence-electron chi connectivity index (χ4n) is 1.40. The van der Waals surface area contributed by atoms with Crippen LogP contribution in [-0.2, 0) is 10.0 Å². The number of nitrogens with zero attached hydrogens (tertiary/aromatic N) is 2. The van der Waals surface area contributed by atoms with Crippen molar-refractivity contribution >= 4 is 15.7 Å². The summed E-state index contributed by atoms with van der Waals surface area (Å²) in [4.78, 5) is 10.2. The van der Waals surface area contributed by atoms with E-state index in [1.165, 1.54) is 26.2 Å². The summed E-state index contributed by atoms with van der Waals surface area (Å²) >= 11 is 0. The van der Waals surface area contributed by atoms with Crippen LogP contribution in [0.15, 0.2) is 23.1 Å². The highest BCUT2D eigenvalue weighted by atomic mass is 32.2. The molecule has 0 aromatic heterocycles. The molecule has 1 aromatic carbocycles. The Labute approximate surface area is 117 Å². The number of sulfonamides is 1. The maximum atomic E-state index is 11.9. The molecular formula is C11H17N3O5S. The van der Waals surface area contributed by atoms with E-state index >= 15 is 0 Å². The van der Waals surface area contributed by atoms with E-state index in [1.54, 1.807) is 7.05 Å². The predicted octanol–water partition coefficient (Wildman–Crippen LogP) is 0.443. The Morgan fingerprint density at radius 2 is 2.05 bits per heavy atom. The molecule has 0 saturated carbocycles. The molecule has 112 valence electrons. The standard InChI is InChI=1S/C11H17N3O5S/c1-12-6-7-19-11-5-4-9(8-10(11)14(15)16)20(17,18)13(2)3/h4-5,8,12H,6-7H2,1-3H3. The zero-order valence-corrected chi connectivity index (χ0v) is 12.3. The fourth-order valence-corrected chi connectivity index (χ4v) is 2.32. The molecule has 0 spiro atoms. The fraction of sp³-hybridized carbons (Fsp3) is 0.455. The number of benzene rings is 1. The molecule has 0 radical (unpaired) electrons. The van der Waals surface area contributed by atoms with Gasteiger partial charge >= 0.3 is 5.69 Å². The Kier molecular flexibility index (Phi) is 5.43. The maximum absolute atomic E-state index is 11.9. The molecule has 1 N–H and O–H groups in total. The number of nitrogens with one attached hydrogen (secondary N) is 1. The second-order valence-corrected chi connectivity index (χ2v) is 6.28. The minimum absolute atomic E-state index is 0.0444. The minimum Gasteiger partial charge on any atom is -0.485 e. The number of hydrogen-bond acceptors (Lipinski definition) is 6. The molecule has 0 aliphatic carbocycles. The van der Waals surface area contributed by atoms with Gasteiger partial charge in [0.05, 0.1) is 9.82 Å². The average molecular weight is 303 g/mol. The van der Waals surface area contributed by atoms with E-state index in [0.29, 0.717) is 6.54 Å². The van der Waals surface area contributed by atoms with Crippen LogP contribution in [-0.4, -0.2) is 51.9 Å². The van der Waals surface area contributed by atoms with E-state index in [9.17, 15) is 18.5 Å². The second-order valence-electron chi connectivity index (χ2n) is 4.13. The topological polar surface area (TPSA) is 102 Å². The second kappa shape index (κ2) is 6.64. The van der Waals surface area contributed by atoms with Gasteiger partial charge in [-0.2, -0.15) is 0 Å². The molecule has 0 unspecified atom stereocenters. The van der Waals surface area contributed by atoms with Crippen LogP contribution in [0.3, 0.4) is 0 Å². The first-order valence-corrected chi connectivity index (χ1v) is 7.23. The van der Waals surface area contributed by atoms with Crippen LogP contribution in [0.2, 0.25) is 0 Å². The average Bonchev–Trinajstić information content (AvgIpc) is 2.38. The number of nitro groups is 1. The number of hydrogen-bond donors (Lipinski definition) is 1. The highest BCUT2D eigenvalue weighted by molar-refractivity contribution is 7.89. The molecule has 0 aliphatic heterocycles. The molecule has 9 heteroatoms. The van der Waals surface area contributed by atoms with Crippen LogP contribution in [0.1, 0.15) is 0 Å². The lowest BCUT2D eigenvalue weighted by atomic mass is 10.3. The largest absolute Gasteiger partial charge is 0.485 e. The van der Waals surface area contributed by atoms with E-state index in [-0.39, 0.29) is 22.9 Å². The molecule has 20 heavy (non-hydrogen) atoms. The molecule has 0 fully saturated rings. The summed E-state index contributed by atoms with van der Waals surface area (Å²) in [5.74, 6) is 0.0444. The normalized spacial score (nSPS) is 11.6. The van der Waals surface area contributed by atoms with Crippen LogP contribution in [0.25, 0.3) is 0 Å². The van der Waals surface area contributed by atoms with Crippen LogP contribution >= 0.6 is 0 Å². The van der Waals surface area contributed by atoms with E-state index in [4.69, 9.17) is 4.74 Å². The minimum atomic E-state index is -3.71. The molecule has 1 rings (SSSR count). The van der Waals surface area contributed by atoms with E-state index in [1.807, 2.05) is 0 Å². The Balaban J connectivity index is 3.17. The summed E-state index contributed by atoms with van der Waals surface area (Å²) in [7, 11) is 0.732. The number of likely N-dealkylation sites (N-methyl/N-ethyl adjacent to an activating group) is 1. The van der Waals surface area contributed by atoms with Crippen LogP contribution in [0.5, 0.6) is 5.75 Å². The molecule has 8 nitrogen and oxygen atoms in total. The number of rotatable bonds is 7. The summed E-state index contributed by atoms with van der Waals surface area (Å²) in [5, 5.41) is 13.8. The first-order chi connectivity index (χ1) is 9.30. The lowest BCUT2D eigenvalue weighted by Gasteiger charge is -2.12. The molecular weight excluding hydrogens is 286 g/mol. The zero-order chi connectivity index (χ0) is 15.3. The lowest BCUT2D eigenvalue weighted by molar-refractivity contribution is -0.386. The van der Waals surface area contributed by atoms with Crippen molar-refractivity contribution in [2.45, 2.75) is 4.90 Å². The Bertz CT molecular complexity index is 586. The first kappa shape index (κ1) is 16.3. The zero-order valence-electron chi connectivity index (χ0n) is 11.5. The van der Waals surface area contributed by atoms with Crippen molar-refractivity contribution in [1.29, 1.82) is 0 Å². The summed E-state index contributed by atoms with van der Waals surface area (Å²) in [6.07, 6.45) is 0. The monoisotopic (exact) mass is 303 g/mol. The smallest absolute Gasteiger partial charge is 0.312 e. The molecule has 0 bridgehead atoms. The van der Waals surface area contributed by atoms with Gasteiger partial charge in [0.15, 0.2) is 5.75 Å². The van der Waals surface area contributed by atoms with Crippen LogP contribution in [0, 0.1) is 10.1 Å². The van der Waals surface area contributed by atoms with Crippen molar-refractivity contribution < 1.29 is 18.1 Å². The van der Waals surface area contributed by atoms with Gasteiger partial charge in [0.1, 0.15) is 6.61 Å². The molecule has 0 atom stereocenters. The van der Waals surface area contributed by atoms with Gasteiger partial charge in [0.25, 0.3) is 0 Å². The third-order valence-corrected chi connectivity index (χ3v) is 4.33. The van der Waals surface area contributed by atoms with Crippen molar-refractivity contribution in [3.8, 4) is 5.75 Å². The molecule has 0 heterocycles. The van der Waals surface area contributed by atoms with Gasteiger partial charge < -0.3 is 10.1 Å². The van der Waals surface area contributed by atoms with Crippen LogP contribution in [0.4, 0.5) is 5.69 Å². The summed E-state index contributed by atoms with van der Waals surface area (Å²) in [6.45, 7) is 0.770. The van der Waals surface area contributed by atoms with Crippen LogP contribution < -0.4 is 10.1 Å². The summed E-state index contributed by atoms with van der Waals surface area (Å²) < 4.78 is 30.1. The molecule has 0 aliphatic rings.